The van der Waals surface area contributed by atoms with Crippen LogP contribution in [0.15, 0.2) is 5.16 Å². The highest BCUT2D eigenvalue weighted by Gasteiger charge is 2.33. The molecule has 19 heavy (non-hydrogen) atoms. The van der Waals surface area contributed by atoms with Gasteiger partial charge in [-0.1, -0.05) is 12.1 Å². The maximum Gasteiger partial charge on any atom is 0.353 e. The van der Waals surface area contributed by atoms with Crippen LogP contribution in [0.25, 0.3) is 0 Å². The minimum absolute atomic E-state index is 0.0331. The molecule has 0 aromatic carbocycles. The predicted molar refractivity (Wildman–Crippen MR) is 67.8 cm³/mol. The van der Waals surface area contributed by atoms with Gasteiger partial charge in [0.25, 0.3) is 5.91 Å². The average Bonchev–Trinajstić information content (AvgIpc) is 2.89. The van der Waals surface area contributed by atoms with E-state index in [4.69, 9.17) is 9.94 Å². The van der Waals surface area contributed by atoms with Crippen molar-refractivity contribution in [3.63, 3.8) is 0 Å². The summed E-state index contributed by atoms with van der Waals surface area (Å²) in [7, 11) is 0. The van der Waals surface area contributed by atoms with E-state index in [0.717, 1.165) is 32.5 Å². The van der Waals surface area contributed by atoms with Crippen LogP contribution in [0.1, 0.15) is 26.2 Å². The first-order valence-corrected chi connectivity index (χ1v) is 6.59. The van der Waals surface area contributed by atoms with Gasteiger partial charge >= 0.3 is 5.97 Å². The number of carbonyl (C=O) groups excluding carboxylic acids is 1. The van der Waals surface area contributed by atoms with Crippen molar-refractivity contribution in [1.82, 2.24) is 10.2 Å². The Kier molecular flexibility index (Phi) is 4.36. The highest BCUT2D eigenvalue weighted by Crippen LogP contribution is 2.13. The number of likely N-dealkylation sites (N-methyl/N-ethyl adjacent to an activating group) is 1. The van der Waals surface area contributed by atoms with E-state index in [1.807, 2.05) is 0 Å². The lowest BCUT2D eigenvalue weighted by atomic mass is 10.0. The second-order valence-corrected chi connectivity index (χ2v) is 4.88. The molecule has 2 N–H and O–H groups in total. The Hall–Kier alpha value is -1.63. The van der Waals surface area contributed by atoms with Crippen molar-refractivity contribution in [2.45, 2.75) is 38.3 Å². The fourth-order valence-corrected chi connectivity index (χ4v) is 2.40. The average molecular weight is 269 g/mol. The number of carbonyl (C=O) groups is 2. The van der Waals surface area contributed by atoms with Gasteiger partial charge in [-0.2, -0.15) is 0 Å². The summed E-state index contributed by atoms with van der Waals surface area (Å²) in [5, 5.41) is 15.1. The molecule has 7 heteroatoms. The molecule has 2 atom stereocenters. The summed E-state index contributed by atoms with van der Waals surface area (Å²) in [6.07, 6.45) is 1.23. The maximum absolute atomic E-state index is 12.0. The number of nitrogens with one attached hydrogen (secondary N) is 1. The van der Waals surface area contributed by atoms with Crippen LogP contribution >= 0.6 is 0 Å². The van der Waals surface area contributed by atoms with Crippen molar-refractivity contribution in [2.24, 2.45) is 5.16 Å². The SMILES string of the molecule is CCN1CCCC(NC(=O)C2CC(C(=O)O)=NO2)C1. The third-order valence-corrected chi connectivity index (χ3v) is 3.51. The third-order valence-electron chi connectivity index (χ3n) is 3.51. The molecule has 0 bridgehead atoms. The van der Waals surface area contributed by atoms with Gasteiger partial charge in [-0.15, -0.1) is 0 Å². The first kappa shape index (κ1) is 13.8. The lowest BCUT2D eigenvalue weighted by molar-refractivity contribution is -0.132. The Morgan fingerprint density at radius 3 is 3.00 bits per heavy atom. The Bertz CT molecular complexity index is 396. The van der Waals surface area contributed by atoms with Crippen molar-refractivity contribution in [1.29, 1.82) is 0 Å². The molecule has 0 aromatic rings. The predicted octanol–water partition coefficient (Wildman–Crippen LogP) is -0.184. The zero-order valence-corrected chi connectivity index (χ0v) is 11.0. The molecule has 1 fully saturated rings. The second kappa shape index (κ2) is 6.01. The van der Waals surface area contributed by atoms with Gasteiger partial charge in [0.2, 0.25) is 6.10 Å². The van der Waals surface area contributed by atoms with Crippen molar-refractivity contribution >= 4 is 17.6 Å². The lowest BCUT2D eigenvalue weighted by Gasteiger charge is -2.32. The van der Waals surface area contributed by atoms with Crippen LogP contribution in [0.5, 0.6) is 0 Å². The molecule has 2 aliphatic heterocycles. The number of rotatable bonds is 4. The number of nitrogens with zero attached hydrogens (tertiary/aromatic N) is 2. The van der Waals surface area contributed by atoms with Crippen molar-refractivity contribution in [3.05, 3.63) is 0 Å². The molecule has 0 radical (unpaired) electrons. The van der Waals surface area contributed by atoms with Gasteiger partial charge in [0.15, 0.2) is 5.71 Å². The van der Waals surface area contributed by atoms with Crippen LogP contribution in [0, 0.1) is 0 Å². The highest BCUT2D eigenvalue weighted by atomic mass is 16.6. The number of hydrogen-bond donors (Lipinski definition) is 2. The largest absolute Gasteiger partial charge is 0.477 e. The van der Waals surface area contributed by atoms with Gasteiger partial charge in [-0.25, -0.2) is 4.79 Å². The number of aliphatic carboxylic acids is 1. The van der Waals surface area contributed by atoms with Gasteiger partial charge in [-0.3, -0.25) is 4.79 Å². The highest BCUT2D eigenvalue weighted by molar-refractivity contribution is 6.36. The summed E-state index contributed by atoms with van der Waals surface area (Å²) in [4.78, 5) is 29.8. The minimum atomic E-state index is -1.13. The fourth-order valence-electron chi connectivity index (χ4n) is 2.40. The Morgan fingerprint density at radius 2 is 2.37 bits per heavy atom. The molecule has 7 nitrogen and oxygen atoms in total. The fraction of sp³-hybridized carbons (Fsp3) is 0.750. The van der Waals surface area contributed by atoms with E-state index in [0.29, 0.717) is 0 Å². The monoisotopic (exact) mass is 269 g/mol. The molecule has 0 aromatic heterocycles. The topological polar surface area (TPSA) is 91.2 Å². The van der Waals surface area contributed by atoms with Crippen LogP contribution in [0.3, 0.4) is 0 Å². The third kappa shape index (κ3) is 3.44. The van der Waals surface area contributed by atoms with E-state index in [-0.39, 0.29) is 24.1 Å². The number of amides is 1. The zero-order chi connectivity index (χ0) is 13.8. The number of likely N-dealkylation sites (tertiary alicyclic amines) is 1. The molecular formula is C12H19N3O4. The first-order valence-electron chi connectivity index (χ1n) is 6.59. The molecular weight excluding hydrogens is 250 g/mol. The summed E-state index contributed by atoms with van der Waals surface area (Å²) in [6.45, 7) is 4.96. The summed E-state index contributed by atoms with van der Waals surface area (Å²) < 4.78 is 0. The van der Waals surface area contributed by atoms with Gasteiger partial charge in [0.05, 0.1) is 0 Å². The normalized spacial score (nSPS) is 27.5. The molecule has 1 saturated heterocycles. The Morgan fingerprint density at radius 1 is 1.58 bits per heavy atom. The molecule has 2 heterocycles. The molecule has 0 spiro atoms. The van der Waals surface area contributed by atoms with Crippen LogP contribution in [-0.4, -0.2) is 59.4 Å². The molecule has 106 valence electrons. The standard InChI is InChI=1S/C12H19N3O4/c1-2-15-5-3-4-8(7-15)13-11(16)10-6-9(12(17)18)14-19-10/h8,10H,2-7H2,1H3,(H,13,16)(H,17,18). The van der Waals surface area contributed by atoms with Gasteiger partial charge in [0, 0.05) is 19.0 Å². The number of carboxylic acid groups (broad SMARTS) is 1. The van der Waals surface area contributed by atoms with Gasteiger partial charge in [0.1, 0.15) is 0 Å². The van der Waals surface area contributed by atoms with Gasteiger partial charge < -0.3 is 20.2 Å². The molecule has 2 unspecified atom stereocenters. The zero-order valence-electron chi connectivity index (χ0n) is 11.0. The van der Waals surface area contributed by atoms with Gasteiger partial charge in [-0.05, 0) is 25.9 Å². The molecule has 1 amide bonds. The summed E-state index contributed by atoms with van der Waals surface area (Å²) in [6, 6.07) is 0.110. The van der Waals surface area contributed by atoms with E-state index in [1.54, 1.807) is 0 Å². The lowest BCUT2D eigenvalue weighted by Crippen LogP contribution is -2.50. The summed E-state index contributed by atoms with van der Waals surface area (Å²) in [5.74, 6) is -1.41. The molecule has 0 saturated carbocycles. The maximum atomic E-state index is 12.0. The van der Waals surface area contributed by atoms with E-state index >= 15 is 0 Å². The van der Waals surface area contributed by atoms with Crippen LogP contribution in [0.2, 0.25) is 0 Å². The van der Waals surface area contributed by atoms with E-state index in [2.05, 4.69) is 22.3 Å². The van der Waals surface area contributed by atoms with E-state index < -0.39 is 12.1 Å². The quantitative estimate of drug-likeness (QED) is 0.738. The van der Waals surface area contributed by atoms with Crippen molar-refractivity contribution in [3.8, 4) is 0 Å². The van der Waals surface area contributed by atoms with Crippen LogP contribution < -0.4 is 5.32 Å². The smallest absolute Gasteiger partial charge is 0.353 e. The van der Waals surface area contributed by atoms with Crippen molar-refractivity contribution < 1.29 is 19.5 Å². The Balaban J connectivity index is 1.80. The summed E-state index contributed by atoms with van der Waals surface area (Å²) >= 11 is 0. The van der Waals surface area contributed by atoms with E-state index in [1.165, 1.54) is 0 Å². The van der Waals surface area contributed by atoms with Crippen LogP contribution in [-0.2, 0) is 14.4 Å². The number of piperidine rings is 1. The first-order chi connectivity index (χ1) is 9.10. The molecule has 2 rings (SSSR count). The molecule has 2 aliphatic rings. The minimum Gasteiger partial charge on any atom is -0.477 e. The van der Waals surface area contributed by atoms with Crippen LogP contribution in [0.4, 0.5) is 0 Å². The number of carboxylic acids is 1. The number of hydrogen-bond acceptors (Lipinski definition) is 5. The summed E-state index contributed by atoms with van der Waals surface area (Å²) in [5.41, 5.74) is -0.0982. The van der Waals surface area contributed by atoms with E-state index in [9.17, 15) is 9.59 Å². The van der Waals surface area contributed by atoms with Crippen molar-refractivity contribution in [2.75, 3.05) is 19.6 Å². The Labute approximate surface area is 111 Å². The molecule has 0 aliphatic carbocycles. The number of oxime groups is 1. The second-order valence-electron chi connectivity index (χ2n) is 4.88.